The van der Waals surface area contributed by atoms with Crippen molar-refractivity contribution in [3.8, 4) is 6.07 Å². The number of anilines is 2. The van der Waals surface area contributed by atoms with E-state index in [2.05, 4.69) is 20.9 Å². The van der Waals surface area contributed by atoms with Crippen LogP contribution in [0.5, 0.6) is 0 Å². The van der Waals surface area contributed by atoms with Crippen LogP contribution in [0.25, 0.3) is 0 Å². The zero-order valence-electron chi connectivity index (χ0n) is 16.2. The molecular weight excluding hydrogens is 384 g/mol. The molecule has 2 saturated heterocycles. The standard InChI is InChI=1S/C23H23ClN4O/c24-17-3-5-18(6-4-17)28(23(29)16-1-2-16)21-12-19-7-8-20(13-21)27(19)22-11-15(14-25)9-10-26-22/h3-6,9-11,16,19-21H,1-2,7-8,12-13H2. The molecule has 3 heterocycles. The number of halogens is 1. The van der Waals surface area contributed by atoms with Gasteiger partial charge >= 0.3 is 0 Å². The zero-order chi connectivity index (χ0) is 20.0. The lowest BCUT2D eigenvalue weighted by atomic mass is 9.94. The summed E-state index contributed by atoms with van der Waals surface area (Å²) in [6.07, 6.45) is 7.78. The number of pyridine rings is 1. The predicted octanol–water partition coefficient (Wildman–Crippen LogP) is 4.55. The van der Waals surface area contributed by atoms with Crippen molar-refractivity contribution >= 4 is 29.0 Å². The van der Waals surface area contributed by atoms with Crippen LogP contribution in [0.1, 0.15) is 44.1 Å². The smallest absolute Gasteiger partial charge is 0.230 e. The predicted molar refractivity (Wildman–Crippen MR) is 113 cm³/mol. The third-order valence-corrected chi connectivity index (χ3v) is 6.73. The summed E-state index contributed by atoms with van der Waals surface area (Å²) in [5.41, 5.74) is 1.59. The van der Waals surface area contributed by atoms with Crippen LogP contribution in [0.15, 0.2) is 42.6 Å². The molecule has 6 heteroatoms. The minimum atomic E-state index is 0.176. The van der Waals surface area contributed by atoms with Gasteiger partial charge in [0.15, 0.2) is 0 Å². The number of fused-ring (bicyclic) bond motifs is 2. The van der Waals surface area contributed by atoms with Gasteiger partial charge in [-0.1, -0.05) is 11.6 Å². The van der Waals surface area contributed by atoms with E-state index in [1.807, 2.05) is 30.3 Å². The first-order valence-corrected chi connectivity index (χ1v) is 10.7. The molecular formula is C23H23ClN4O. The van der Waals surface area contributed by atoms with Crippen molar-refractivity contribution < 1.29 is 4.79 Å². The van der Waals surface area contributed by atoms with Crippen LogP contribution in [0, 0.1) is 17.2 Å². The van der Waals surface area contributed by atoms with E-state index in [1.54, 1.807) is 12.3 Å². The largest absolute Gasteiger partial charge is 0.350 e. The quantitative estimate of drug-likeness (QED) is 0.747. The number of rotatable bonds is 4. The minimum Gasteiger partial charge on any atom is -0.350 e. The summed E-state index contributed by atoms with van der Waals surface area (Å²) in [6, 6.07) is 14.4. The lowest BCUT2D eigenvalue weighted by Crippen LogP contribution is -2.53. The van der Waals surface area contributed by atoms with E-state index in [9.17, 15) is 10.1 Å². The number of hydrogen-bond acceptors (Lipinski definition) is 4. The highest BCUT2D eigenvalue weighted by molar-refractivity contribution is 6.30. The summed E-state index contributed by atoms with van der Waals surface area (Å²) in [4.78, 5) is 22.2. The Bertz CT molecular complexity index is 952. The maximum Gasteiger partial charge on any atom is 0.230 e. The third kappa shape index (κ3) is 3.47. The molecule has 1 saturated carbocycles. The number of hydrogen-bond donors (Lipinski definition) is 0. The molecule has 0 N–H and O–H groups in total. The topological polar surface area (TPSA) is 60.2 Å². The molecule has 2 unspecified atom stereocenters. The number of benzene rings is 1. The third-order valence-electron chi connectivity index (χ3n) is 6.48. The van der Waals surface area contributed by atoms with Crippen LogP contribution in [0.2, 0.25) is 5.02 Å². The Morgan fingerprint density at radius 1 is 1.10 bits per heavy atom. The number of piperidine rings is 1. The van der Waals surface area contributed by atoms with Gasteiger partial charge in [-0.2, -0.15) is 5.26 Å². The Balaban J connectivity index is 1.42. The molecule has 148 valence electrons. The van der Waals surface area contributed by atoms with Crippen molar-refractivity contribution in [3.63, 3.8) is 0 Å². The first-order valence-electron chi connectivity index (χ1n) is 10.4. The van der Waals surface area contributed by atoms with Gasteiger partial charge in [-0.3, -0.25) is 4.79 Å². The number of carbonyl (C=O) groups excluding carboxylic acids is 1. The molecule has 2 aromatic rings. The second kappa shape index (κ2) is 7.35. The molecule has 5 nitrogen and oxygen atoms in total. The van der Waals surface area contributed by atoms with Gasteiger partial charge in [0.05, 0.1) is 11.6 Å². The van der Waals surface area contributed by atoms with E-state index < -0.39 is 0 Å². The molecule has 2 bridgehead atoms. The first-order chi connectivity index (χ1) is 14.1. The maximum atomic E-state index is 13.2. The molecule has 2 atom stereocenters. The average Bonchev–Trinajstić information content (AvgIpc) is 3.55. The van der Waals surface area contributed by atoms with E-state index in [-0.39, 0.29) is 17.9 Å². The lowest BCUT2D eigenvalue weighted by Gasteiger charge is -2.44. The number of carbonyl (C=O) groups is 1. The lowest BCUT2D eigenvalue weighted by molar-refractivity contribution is -0.120. The second-order valence-electron chi connectivity index (χ2n) is 8.39. The van der Waals surface area contributed by atoms with Crippen LogP contribution in [-0.4, -0.2) is 29.0 Å². The summed E-state index contributed by atoms with van der Waals surface area (Å²) < 4.78 is 0. The van der Waals surface area contributed by atoms with Crippen molar-refractivity contribution in [2.45, 2.75) is 56.7 Å². The van der Waals surface area contributed by atoms with Crippen molar-refractivity contribution in [2.75, 3.05) is 9.80 Å². The van der Waals surface area contributed by atoms with Crippen molar-refractivity contribution in [2.24, 2.45) is 5.92 Å². The normalized spacial score (nSPS) is 25.5. The first kappa shape index (κ1) is 18.4. The number of amides is 1. The van der Waals surface area contributed by atoms with E-state index >= 15 is 0 Å². The Kier molecular flexibility index (Phi) is 4.67. The van der Waals surface area contributed by atoms with Gasteiger partial charge in [-0.15, -0.1) is 0 Å². The fourth-order valence-corrected chi connectivity index (χ4v) is 5.14. The molecule has 5 rings (SSSR count). The van der Waals surface area contributed by atoms with Gasteiger partial charge in [0.1, 0.15) is 5.82 Å². The molecule has 0 radical (unpaired) electrons. The van der Waals surface area contributed by atoms with Gasteiger partial charge in [-0.25, -0.2) is 4.98 Å². The summed E-state index contributed by atoms with van der Waals surface area (Å²) in [6.45, 7) is 0. The van der Waals surface area contributed by atoms with Crippen LogP contribution in [0.4, 0.5) is 11.5 Å². The molecule has 3 aliphatic rings. The van der Waals surface area contributed by atoms with Gasteiger partial charge < -0.3 is 9.80 Å². The molecule has 3 fully saturated rings. The van der Waals surface area contributed by atoms with E-state index in [0.29, 0.717) is 22.7 Å². The van der Waals surface area contributed by atoms with Crippen molar-refractivity contribution in [3.05, 3.63) is 53.2 Å². The number of nitriles is 1. The molecule has 1 aromatic heterocycles. The fraction of sp³-hybridized carbons (Fsp3) is 0.435. The average molecular weight is 407 g/mol. The van der Waals surface area contributed by atoms with Crippen LogP contribution < -0.4 is 9.80 Å². The van der Waals surface area contributed by atoms with Crippen molar-refractivity contribution in [1.29, 1.82) is 5.26 Å². The SMILES string of the molecule is N#Cc1ccnc(N2C3CCC2CC(N(C(=O)C2CC2)c2ccc(Cl)cc2)C3)c1. The Morgan fingerprint density at radius 2 is 1.79 bits per heavy atom. The van der Waals surface area contributed by atoms with Gasteiger partial charge in [0, 0.05) is 41.0 Å². The van der Waals surface area contributed by atoms with Crippen LogP contribution in [0.3, 0.4) is 0 Å². The summed E-state index contributed by atoms with van der Waals surface area (Å²) in [5.74, 6) is 1.33. The molecule has 2 aliphatic heterocycles. The summed E-state index contributed by atoms with van der Waals surface area (Å²) >= 11 is 6.08. The Labute approximate surface area is 175 Å². The Hall–Kier alpha value is -2.58. The second-order valence-corrected chi connectivity index (χ2v) is 8.83. The van der Waals surface area contributed by atoms with Crippen LogP contribution >= 0.6 is 11.6 Å². The van der Waals surface area contributed by atoms with E-state index in [1.165, 1.54) is 0 Å². The van der Waals surface area contributed by atoms with Gasteiger partial charge in [0.25, 0.3) is 0 Å². The molecule has 0 spiro atoms. The summed E-state index contributed by atoms with van der Waals surface area (Å²) in [7, 11) is 0. The monoisotopic (exact) mass is 406 g/mol. The highest BCUT2D eigenvalue weighted by Gasteiger charge is 2.46. The number of nitrogens with zero attached hydrogens (tertiary/aromatic N) is 4. The highest BCUT2D eigenvalue weighted by Crippen LogP contribution is 2.43. The molecule has 1 aliphatic carbocycles. The molecule has 1 amide bonds. The fourth-order valence-electron chi connectivity index (χ4n) is 5.01. The van der Waals surface area contributed by atoms with E-state index in [0.717, 1.165) is 50.0 Å². The van der Waals surface area contributed by atoms with Gasteiger partial charge in [-0.05, 0) is 74.9 Å². The zero-order valence-corrected chi connectivity index (χ0v) is 16.9. The maximum absolute atomic E-state index is 13.2. The molecule has 29 heavy (non-hydrogen) atoms. The molecule has 1 aromatic carbocycles. The van der Waals surface area contributed by atoms with E-state index in [4.69, 9.17) is 11.6 Å². The number of aromatic nitrogens is 1. The summed E-state index contributed by atoms with van der Waals surface area (Å²) in [5, 5.41) is 9.92. The van der Waals surface area contributed by atoms with Crippen LogP contribution in [-0.2, 0) is 4.79 Å². The Morgan fingerprint density at radius 3 is 2.41 bits per heavy atom. The highest BCUT2D eigenvalue weighted by atomic mass is 35.5. The van der Waals surface area contributed by atoms with Crippen molar-refractivity contribution in [1.82, 2.24) is 4.98 Å². The van der Waals surface area contributed by atoms with Gasteiger partial charge in [0.2, 0.25) is 5.91 Å². The minimum absolute atomic E-state index is 0.176.